The molecule has 0 unspecified atom stereocenters. The Morgan fingerprint density at radius 1 is 1.44 bits per heavy atom. The summed E-state index contributed by atoms with van der Waals surface area (Å²) < 4.78 is 5.47. The van der Waals surface area contributed by atoms with Gasteiger partial charge in [0.05, 0.1) is 13.2 Å². The zero-order valence-corrected chi connectivity index (χ0v) is 11.3. The number of carbonyl (C=O) groups is 1. The molecule has 100 valence electrons. The smallest absolute Gasteiger partial charge is 0.224 e. The van der Waals surface area contributed by atoms with E-state index in [0.717, 1.165) is 16.9 Å². The van der Waals surface area contributed by atoms with Gasteiger partial charge in [0, 0.05) is 20.0 Å². The van der Waals surface area contributed by atoms with Crippen LogP contribution in [0.5, 0.6) is 5.75 Å². The van der Waals surface area contributed by atoms with E-state index in [9.17, 15) is 4.79 Å². The molecule has 0 radical (unpaired) electrons. The number of aryl methyl sites for hydroxylation is 1. The first-order valence-corrected chi connectivity index (χ1v) is 6.15. The quantitative estimate of drug-likeness (QED) is 0.837. The highest BCUT2D eigenvalue weighted by Gasteiger charge is 2.09. The Morgan fingerprint density at radius 2 is 2.17 bits per heavy atom. The van der Waals surface area contributed by atoms with E-state index in [1.165, 1.54) is 0 Å². The molecule has 4 heteroatoms. The van der Waals surface area contributed by atoms with E-state index in [-0.39, 0.29) is 18.9 Å². The van der Waals surface area contributed by atoms with E-state index in [2.05, 4.69) is 0 Å². The van der Waals surface area contributed by atoms with Crippen LogP contribution >= 0.6 is 0 Å². The summed E-state index contributed by atoms with van der Waals surface area (Å²) in [6.45, 7) is 5.03. The summed E-state index contributed by atoms with van der Waals surface area (Å²) in [7, 11) is 1.74. The van der Waals surface area contributed by atoms with Gasteiger partial charge in [0.15, 0.2) is 0 Å². The molecule has 0 aliphatic rings. The Kier molecular flexibility index (Phi) is 5.65. The number of rotatable bonds is 6. The van der Waals surface area contributed by atoms with Crippen molar-refractivity contribution in [3.8, 4) is 5.75 Å². The molecule has 1 rings (SSSR count). The van der Waals surface area contributed by atoms with Gasteiger partial charge in [-0.3, -0.25) is 4.79 Å². The number of hydrogen-bond donors (Lipinski definition) is 1. The second-order valence-electron chi connectivity index (χ2n) is 4.26. The maximum Gasteiger partial charge on any atom is 0.224 e. The fraction of sp³-hybridized carbons (Fsp3) is 0.500. The zero-order chi connectivity index (χ0) is 13.5. The average molecular weight is 251 g/mol. The molecule has 18 heavy (non-hydrogen) atoms. The van der Waals surface area contributed by atoms with Crippen molar-refractivity contribution >= 4 is 5.91 Å². The lowest BCUT2D eigenvalue weighted by Gasteiger charge is -2.17. The van der Waals surface area contributed by atoms with Crippen molar-refractivity contribution in [2.75, 3.05) is 20.3 Å². The third-order valence-electron chi connectivity index (χ3n) is 2.71. The first-order chi connectivity index (χ1) is 8.58. The second kappa shape index (κ2) is 7.01. The van der Waals surface area contributed by atoms with E-state index in [1.807, 2.05) is 32.0 Å². The van der Waals surface area contributed by atoms with E-state index in [4.69, 9.17) is 9.84 Å². The van der Waals surface area contributed by atoms with Gasteiger partial charge in [-0.15, -0.1) is 0 Å². The lowest BCUT2D eigenvalue weighted by Crippen LogP contribution is -2.26. The second-order valence-corrected chi connectivity index (χ2v) is 4.26. The highest BCUT2D eigenvalue weighted by atomic mass is 16.5. The molecule has 1 aromatic rings. The molecule has 1 N–H and O–H groups in total. The van der Waals surface area contributed by atoms with Crippen molar-refractivity contribution in [2.45, 2.75) is 26.8 Å². The van der Waals surface area contributed by atoms with Gasteiger partial charge in [-0.25, -0.2) is 0 Å². The van der Waals surface area contributed by atoms with Crippen molar-refractivity contribution in [1.82, 2.24) is 4.90 Å². The summed E-state index contributed by atoms with van der Waals surface area (Å²) in [5.41, 5.74) is 2.13. The van der Waals surface area contributed by atoms with Gasteiger partial charge in [0.1, 0.15) is 5.75 Å². The molecular weight excluding hydrogens is 230 g/mol. The fourth-order valence-electron chi connectivity index (χ4n) is 1.78. The van der Waals surface area contributed by atoms with Crippen molar-refractivity contribution in [2.24, 2.45) is 0 Å². The Balaban J connectivity index is 2.68. The minimum Gasteiger partial charge on any atom is -0.494 e. The van der Waals surface area contributed by atoms with E-state index in [0.29, 0.717) is 13.2 Å². The van der Waals surface area contributed by atoms with Crippen molar-refractivity contribution in [3.63, 3.8) is 0 Å². The van der Waals surface area contributed by atoms with Gasteiger partial charge in [-0.1, -0.05) is 12.1 Å². The predicted molar refractivity (Wildman–Crippen MR) is 70.5 cm³/mol. The summed E-state index contributed by atoms with van der Waals surface area (Å²) in [6, 6.07) is 5.91. The van der Waals surface area contributed by atoms with Crippen LogP contribution in [0, 0.1) is 6.92 Å². The topological polar surface area (TPSA) is 49.8 Å². The molecule has 0 heterocycles. The molecule has 0 aliphatic heterocycles. The lowest BCUT2D eigenvalue weighted by molar-refractivity contribution is -0.131. The van der Waals surface area contributed by atoms with Crippen LogP contribution in [-0.4, -0.2) is 36.2 Å². The monoisotopic (exact) mass is 251 g/mol. The molecule has 4 nitrogen and oxygen atoms in total. The van der Waals surface area contributed by atoms with Crippen LogP contribution in [0.4, 0.5) is 0 Å². The summed E-state index contributed by atoms with van der Waals surface area (Å²) in [4.78, 5) is 13.2. The molecule has 0 saturated heterocycles. The number of aliphatic hydroxyl groups excluding tert-OH is 1. The third kappa shape index (κ3) is 4.04. The van der Waals surface area contributed by atoms with E-state index in [1.54, 1.807) is 11.9 Å². The summed E-state index contributed by atoms with van der Waals surface area (Å²) in [5.74, 6) is 0.828. The van der Waals surface area contributed by atoms with Gasteiger partial charge in [0.25, 0.3) is 0 Å². The number of benzene rings is 1. The molecular formula is C14H21NO3. The van der Waals surface area contributed by atoms with Gasteiger partial charge in [-0.2, -0.15) is 0 Å². The van der Waals surface area contributed by atoms with Crippen LogP contribution < -0.4 is 4.74 Å². The number of ether oxygens (including phenoxy) is 1. The van der Waals surface area contributed by atoms with Gasteiger partial charge < -0.3 is 14.7 Å². The molecule has 0 atom stereocenters. The highest BCUT2D eigenvalue weighted by Crippen LogP contribution is 2.19. The minimum absolute atomic E-state index is 0.0518. The van der Waals surface area contributed by atoms with Crippen molar-refractivity contribution < 1.29 is 14.6 Å². The number of hydrogen-bond acceptors (Lipinski definition) is 3. The van der Waals surface area contributed by atoms with E-state index >= 15 is 0 Å². The number of nitrogens with zero attached hydrogens (tertiary/aromatic N) is 1. The fourth-order valence-corrected chi connectivity index (χ4v) is 1.78. The van der Waals surface area contributed by atoms with Crippen LogP contribution in [0.3, 0.4) is 0 Å². The Bertz CT molecular complexity index is 404. The van der Waals surface area contributed by atoms with Crippen molar-refractivity contribution in [1.29, 1.82) is 0 Å². The van der Waals surface area contributed by atoms with Gasteiger partial charge >= 0.3 is 0 Å². The summed E-state index contributed by atoms with van der Waals surface area (Å²) >= 11 is 0. The molecule has 0 fully saturated rings. The predicted octanol–water partition coefficient (Wildman–Crippen LogP) is 1.73. The first-order valence-electron chi connectivity index (χ1n) is 6.15. The molecule has 0 spiro atoms. The van der Waals surface area contributed by atoms with Gasteiger partial charge in [0.2, 0.25) is 5.91 Å². The normalized spacial score (nSPS) is 10.2. The molecule has 0 aliphatic carbocycles. The van der Waals surface area contributed by atoms with Crippen LogP contribution in [0.15, 0.2) is 18.2 Å². The largest absolute Gasteiger partial charge is 0.494 e. The first kappa shape index (κ1) is 14.5. The van der Waals surface area contributed by atoms with Gasteiger partial charge in [-0.05, 0) is 31.0 Å². The van der Waals surface area contributed by atoms with Crippen LogP contribution in [-0.2, 0) is 11.3 Å². The third-order valence-corrected chi connectivity index (χ3v) is 2.71. The maximum atomic E-state index is 11.5. The standard InChI is InChI=1S/C14H21NO3/c1-4-18-13-6-5-12(9-11(13)2)10-15(3)14(17)7-8-16/h5-6,9,16H,4,7-8,10H2,1-3H3. The van der Waals surface area contributed by atoms with Crippen LogP contribution in [0.1, 0.15) is 24.5 Å². The van der Waals surface area contributed by atoms with Crippen molar-refractivity contribution in [3.05, 3.63) is 29.3 Å². The minimum atomic E-state index is -0.106. The number of carbonyl (C=O) groups excluding carboxylic acids is 1. The molecule has 0 saturated carbocycles. The maximum absolute atomic E-state index is 11.5. The molecule has 1 amide bonds. The Hall–Kier alpha value is -1.55. The SMILES string of the molecule is CCOc1ccc(CN(C)C(=O)CCO)cc1C. The zero-order valence-electron chi connectivity index (χ0n) is 11.3. The van der Waals surface area contributed by atoms with Crippen LogP contribution in [0.2, 0.25) is 0 Å². The lowest BCUT2D eigenvalue weighted by atomic mass is 10.1. The Morgan fingerprint density at radius 3 is 2.72 bits per heavy atom. The molecule has 0 aromatic heterocycles. The molecule has 1 aromatic carbocycles. The van der Waals surface area contributed by atoms with E-state index < -0.39 is 0 Å². The van der Waals surface area contributed by atoms with Crippen LogP contribution in [0.25, 0.3) is 0 Å². The number of aliphatic hydroxyl groups is 1. The Labute approximate surface area is 108 Å². The molecule has 0 bridgehead atoms. The highest BCUT2D eigenvalue weighted by molar-refractivity contribution is 5.75. The summed E-state index contributed by atoms with van der Waals surface area (Å²) in [6.07, 6.45) is 0.173. The average Bonchev–Trinajstić information content (AvgIpc) is 2.33. The summed E-state index contributed by atoms with van der Waals surface area (Å²) in [5, 5.41) is 8.73. The number of amides is 1.